The van der Waals surface area contributed by atoms with Crippen molar-refractivity contribution in [1.82, 2.24) is 5.32 Å². The molecule has 0 saturated carbocycles. The normalized spacial score (nSPS) is 11.6. The minimum Gasteiger partial charge on any atom is -0.382 e. The van der Waals surface area contributed by atoms with E-state index in [2.05, 4.69) is 41.7 Å². The summed E-state index contributed by atoms with van der Waals surface area (Å²) in [5, 5.41) is 9.85. The second kappa shape index (κ2) is 9.18. The molecule has 0 aliphatic rings. The number of carbonyl (C=O) groups is 1. The molecular weight excluding hydrogens is 366 g/mol. The molecule has 1 N–H and O–H groups in total. The Morgan fingerprint density at radius 2 is 1.38 bits per heavy atom. The van der Waals surface area contributed by atoms with E-state index < -0.39 is 0 Å². The summed E-state index contributed by atoms with van der Waals surface area (Å²) in [5.74, 6) is -0.0807. The van der Waals surface area contributed by atoms with Gasteiger partial charge in [-0.15, -0.1) is 0 Å². The first-order chi connectivity index (χ1) is 14.3. The second-order valence-electron chi connectivity index (χ2n) is 6.94. The van der Waals surface area contributed by atoms with Crippen molar-refractivity contribution in [2.24, 2.45) is 0 Å². The third-order valence-electron chi connectivity index (χ3n) is 5.11. The quantitative estimate of drug-likeness (QED) is 0.328. The Kier molecular flexibility index (Phi) is 6.20. The number of nitrogens with one attached hydrogen (secondary N) is 1. The first-order valence-corrected chi connectivity index (χ1v) is 9.89. The summed E-state index contributed by atoms with van der Waals surface area (Å²) in [4.78, 5) is 12.8. The van der Waals surface area contributed by atoms with Crippen molar-refractivity contribution in [2.45, 2.75) is 0 Å². The van der Waals surface area contributed by atoms with Crippen LogP contribution in [-0.2, 0) is 14.2 Å². The molecule has 5 nitrogen and oxygen atoms in total. The van der Waals surface area contributed by atoms with Crippen molar-refractivity contribution in [3.8, 4) is 0 Å². The van der Waals surface area contributed by atoms with Crippen LogP contribution in [0.3, 0.4) is 0 Å². The monoisotopic (exact) mass is 391 g/mol. The SMILES string of the molecule is COCCOCCOCCNC(=O)c1ccc2ccc3cccc4ccc1c2c34. The third kappa shape index (κ3) is 4.17. The number of hydrogen-bond acceptors (Lipinski definition) is 4. The predicted molar refractivity (Wildman–Crippen MR) is 116 cm³/mol. The van der Waals surface area contributed by atoms with Gasteiger partial charge >= 0.3 is 0 Å². The summed E-state index contributed by atoms with van der Waals surface area (Å²) in [7, 11) is 1.64. The molecule has 0 aliphatic heterocycles. The Hall–Kier alpha value is -2.73. The van der Waals surface area contributed by atoms with Crippen molar-refractivity contribution < 1.29 is 19.0 Å². The van der Waals surface area contributed by atoms with E-state index in [-0.39, 0.29) is 5.91 Å². The Labute approximate surface area is 169 Å². The van der Waals surface area contributed by atoms with E-state index in [1.807, 2.05) is 18.2 Å². The minimum atomic E-state index is -0.0807. The molecule has 4 rings (SSSR count). The van der Waals surface area contributed by atoms with Crippen molar-refractivity contribution in [3.63, 3.8) is 0 Å². The van der Waals surface area contributed by atoms with Gasteiger partial charge in [-0.3, -0.25) is 4.79 Å². The molecule has 0 unspecified atom stereocenters. The van der Waals surface area contributed by atoms with Gasteiger partial charge in [0.1, 0.15) is 0 Å². The zero-order valence-electron chi connectivity index (χ0n) is 16.6. The zero-order chi connectivity index (χ0) is 20.1. The molecule has 0 aliphatic carbocycles. The topological polar surface area (TPSA) is 56.8 Å². The summed E-state index contributed by atoms with van der Waals surface area (Å²) in [6.45, 7) is 3.06. The summed E-state index contributed by atoms with van der Waals surface area (Å²) in [6, 6.07) is 18.6. The van der Waals surface area contributed by atoms with E-state index in [0.717, 1.165) is 16.2 Å². The highest BCUT2D eigenvalue weighted by atomic mass is 16.5. The van der Waals surface area contributed by atoms with Crippen molar-refractivity contribution in [2.75, 3.05) is 46.7 Å². The number of ether oxygens (including phenoxy) is 3. The molecule has 0 radical (unpaired) electrons. The van der Waals surface area contributed by atoms with Crippen LogP contribution in [0.4, 0.5) is 0 Å². The standard InChI is InChI=1S/C24H25NO4/c1-27-13-14-29-16-15-28-12-11-25-24(26)21-10-8-19-6-5-17-3-2-4-18-7-9-20(21)23(19)22(17)18/h2-10H,11-16H2,1H3,(H,25,26). The molecule has 0 heterocycles. The van der Waals surface area contributed by atoms with E-state index >= 15 is 0 Å². The van der Waals surface area contributed by atoms with Crippen LogP contribution in [0, 0.1) is 0 Å². The molecule has 5 heteroatoms. The van der Waals surface area contributed by atoms with E-state index in [9.17, 15) is 4.79 Å². The molecule has 150 valence electrons. The number of hydrogen-bond donors (Lipinski definition) is 1. The van der Waals surface area contributed by atoms with Gasteiger partial charge < -0.3 is 19.5 Å². The lowest BCUT2D eigenvalue weighted by molar-refractivity contribution is 0.0255. The maximum Gasteiger partial charge on any atom is 0.251 e. The van der Waals surface area contributed by atoms with Crippen molar-refractivity contribution in [1.29, 1.82) is 0 Å². The lowest BCUT2D eigenvalue weighted by atomic mass is 9.92. The van der Waals surface area contributed by atoms with Gasteiger partial charge in [0.25, 0.3) is 5.91 Å². The van der Waals surface area contributed by atoms with E-state index in [4.69, 9.17) is 14.2 Å². The Bertz CT molecular complexity index is 1090. The maximum absolute atomic E-state index is 12.8. The lowest BCUT2D eigenvalue weighted by Gasteiger charge is -2.14. The molecule has 0 aromatic heterocycles. The van der Waals surface area contributed by atoms with Crippen LogP contribution in [0.15, 0.2) is 54.6 Å². The van der Waals surface area contributed by atoms with Gasteiger partial charge in [0.05, 0.1) is 33.0 Å². The zero-order valence-corrected chi connectivity index (χ0v) is 16.6. The number of rotatable bonds is 10. The van der Waals surface area contributed by atoms with E-state index in [1.54, 1.807) is 7.11 Å². The Balaban J connectivity index is 1.42. The van der Waals surface area contributed by atoms with Crippen LogP contribution in [-0.4, -0.2) is 52.6 Å². The molecule has 0 atom stereocenters. The maximum atomic E-state index is 12.8. The highest BCUT2D eigenvalue weighted by molar-refractivity contribution is 6.26. The number of benzene rings is 4. The van der Waals surface area contributed by atoms with Gasteiger partial charge in [-0.05, 0) is 38.4 Å². The molecule has 29 heavy (non-hydrogen) atoms. The molecular formula is C24H25NO4. The number of methoxy groups -OCH3 is 1. The average molecular weight is 391 g/mol. The fourth-order valence-electron chi connectivity index (χ4n) is 3.73. The van der Waals surface area contributed by atoms with Gasteiger partial charge in [-0.1, -0.05) is 48.5 Å². The highest BCUT2D eigenvalue weighted by Gasteiger charge is 2.14. The molecule has 4 aromatic carbocycles. The summed E-state index contributed by atoms with van der Waals surface area (Å²) in [5.41, 5.74) is 0.693. The fraction of sp³-hybridized carbons (Fsp3) is 0.292. The molecule has 4 aromatic rings. The largest absolute Gasteiger partial charge is 0.382 e. The number of carbonyl (C=O) groups excluding carboxylic acids is 1. The van der Waals surface area contributed by atoms with Gasteiger partial charge in [-0.25, -0.2) is 0 Å². The molecule has 0 fully saturated rings. The van der Waals surface area contributed by atoms with Crippen molar-refractivity contribution >= 4 is 38.2 Å². The molecule has 1 amide bonds. The van der Waals surface area contributed by atoms with Gasteiger partial charge in [0.15, 0.2) is 0 Å². The summed E-state index contributed by atoms with van der Waals surface area (Å²) < 4.78 is 15.7. The number of amides is 1. The second-order valence-corrected chi connectivity index (χ2v) is 6.94. The highest BCUT2D eigenvalue weighted by Crippen LogP contribution is 2.35. The van der Waals surface area contributed by atoms with Crippen LogP contribution in [0.25, 0.3) is 32.3 Å². The van der Waals surface area contributed by atoms with E-state index in [1.165, 1.54) is 16.2 Å². The first-order valence-electron chi connectivity index (χ1n) is 9.89. The summed E-state index contributed by atoms with van der Waals surface area (Å²) >= 11 is 0. The van der Waals surface area contributed by atoms with Crippen LogP contribution >= 0.6 is 0 Å². The molecule has 0 saturated heterocycles. The van der Waals surface area contributed by atoms with Crippen LogP contribution < -0.4 is 5.32 Å². The van der Waals surface area contributed by atoms with Gasteiger partial charge in [0, 0.05) is 19.2 Å². The predicted octanol–water partition coefficient (Wildman–Crippen LogP) is 3.99. The van der Waals surface area contributed by atoms with Gasteiger partial charge in [-0.2, -0.15) is 0 Å². The Morgan fingerprint density at radius 3 is 2.14 bits per heavy atom. The van der Waals surface area contributed by atoms with Crippen LogP contribution in [0.1, 0.15) is 10.4 Å². The Morgan fingerprint density at radius 1 is 0.759 bits per heavy atom. The van der Waals surface area contributed by atoms with Crippen LogP contribution in [0.5, 0.6) is 0 Å². The van der Waals surface area contributed by atoms with Gasteiger partial charge in [0.2, 0.25) is 0 Å². The third-order valence-corrected chi connectivity index (χ3v) is 5.11. The first kappa shape index (κ1) is 19.6. The molecule has 0 bridgehead atoms. The van der Waals surface area contributed by atoms with E-state index in [0.29, 0.717) is 45.1 Å². The average Bonchev–Trinajstić information content (AvgIpc) is 2.76. The summed E-state index contributed by atoms with van der Waals surface area (Å²) in [6.07, 6.45) is 0. The fourth-order valence-corrected chi connectivity index (χ4v) is 3.73. The molecule has 0 spiro atoms. The minimum absolute atomic E-state index is 0.0807. The lowest BCUT2D eigenvalue weighted by Crippen LogP contribution is -2.27. The smallest absolute Gasteiger partial charge is 0.251 e. The van der Waals surface area contributed by atoms with Crippen molar-refractivity contribution in [3.05, 3.63) is 60.2 Å². The van der Waals surface area contributed by atoms with Crippen LogP contribution in [0.2, 0.25) is 0 Å².